The molecular formula is C13H10ClN3O3. The van der Waals surface area contributed by atoms with Crippen LogP contribution in [0.2, 0.25) is 5.15 Å². The van der Waals surface area contributed by atoms with Crippen LogP contribution in [0.1, 0.15) is 10.4 Å². The van der Waals surface area contributed by atoms with Gasteiger partial charge in [-0.2, -0.15) is 0 Å². The summed E-state index contributed by atoms with van der Waals surface area (Å²) in [5.41, 5.74) is 0.764. The molecule has 20 heavy (non-hydrogen) atoms. The van der Waals surface area contributed by atoms with Gasteiger partial charge in [-0.1, -0.05) is 11.6 Å². The summed E-state index contributed by atoms with van der Waals surface area (Å²) in [5.74, 6) is -1.10. The summed E-state index contributed by atoms with van der Waals surface area (Å²) in [4.78, 5) is 30.8. The van der Waals surface area contributed by atoms with E-state index in [0.29, 0.717) is 5.69 Å². The monoisotopic (exact) mass is 291 g/mol. The van der Waals surface area contributed by atoms with E-state index < -0.39 is 18.5 Å². The molecule has 2 rings (SSSR count). The van der Waals surface area contributed by atoms with Gasteiger partial charge in [-0.15, -0.1) is 0 Å². The van der Waals surface area contributed by atoms with Crippen molar-refractivity contribution in [1.29, 1.82) is 0 Å². The van der Waals surface area contributed by atoms with Gasteiger partial charge in [0.05, 0.1) is 17.4 Å². The highest BCUT2D eigenvalue weighted by Crippen LogP contribution is 2.08. The zero-order valence-electron chi connectivity index (χ0n) is 10.2. The van der Waals surface area contributed by atoms with Crippen molar-refractivity contribution < 1.29 is 14.3 Å². The van der Waals surface area contributed by atoms with E-state index in [2.05, 4.69) is 15.3 Å². The third-order valence-corrected chi connectivity index (χ3v) is 2.45. The minimum atomic E-state index is -0.643. The Morgan fingerprint density at radius 1 is 1.30 bits per heavy atom. The molecule has 0 bridgehead atoms. The number of amides is 1. The minimum Gasteiger partial charge on any atom is -0.452 e. The Kier molecular flexibility index (Phi) is 4.62. The number of nitrogens with one attached hydrogen (secondary N) is 1. The lowest BCUT2D eigenvalue weighted by atomic mass is 10.3. The molecule has 0 fully saturated rings. The van der Waals surface area contributed by atoms with Gasteiger partial charge in [0.1, 0.15) is 5.15 Å². The lowest BCUT2D eigenvalue weighted by Crippen LogP contribution is -2.21. The molecule has 2 aromatic heterocycles. The topological polar surface area (TPSA) is 81.2 Å². The number of nitrogens with zero attached hydrogens (tertiary/aromatic N) is 2. The Morgan fingerprint density at radius 2 is 2.15 bits per heavy atom. The molecule has 7 heteroatoms. The number of ether oxygens (including phenoxy) is 1. The summed E-state index contributed by atoms with van der Waals surface area (Å²) >= 11 is 5.65. The molecule has 0 spiro atoms. The molecule has 102 valence electrons. The van der Waals surface area contributed by atoms with Crippen LogP contribution in [-0.4, -0.2) is 28.5 Å². The largest absolute Gasteiger partial charge is 0.452 e. The fourth-order valence-corrected chi connectivity index (χ4v) is 1.55. The molecule has 1 amide bonds. The zero-order chi connectivity index (χ0) is 14.4. The van der Waals surface area contributed by atoms with Crippen molar-refractivity contribution >= 4 is 29.2 Å². The molecule has 0 saturated carbocycles. The van der Waals surface area contributed by atoms with Gasteiger partial charge < -0.3 is 10.1 Å². The molecule has 0 aromatic carbocycles. The van der Waals surface area contributed by atoms with Gasteiger partial charge in [-0.25, -0.2) is 9.78 Å². The van der Waals surface area contributed by atoms with Crippen molar-refractivity contribution in [3.05, 3.63) is 53.6 Å². The van der Waals surface area contributed by atoms with Crippen LogP contribution in [0.15, 0.2) is 42.9 Å². The summed E-state index contributed by atoms with van der Waals surface area (Å²) in [5, 5.41) is 2.72. The molecule has 0 atom stereocenters. The van der Waals surface area contributed by atoms with Crippen molar-refractivity contribution in [1.82, 2.24) is 9.97 Å². The average Bonchev–Trinajstić information content (AvgIpc) is 2.46. The Bertz CT molecular complexity index is 619. The van der Waals surface area contributed by atoms with Gasteiger partial charge in [0.25, 0.3) is 5.91 Å². The van der Waals surface area contributed by atoms with E-state index in [4.69, 9.17) is 16.3 Å². The first kappa shape index (κ1) is 14.0. The number of pyridine rings is 2. The lowest BCUT2D eigenvalue weighted by molar-refractivity contribution is -0.119. The van der Waals surface area contributed by atoms with Crippen LogP contribution in [0, 0.1) is 0 Å². The van der Waals surface area contributed by atoms with E-state index in [1.807, 2.05) is 0 Å². The number of halogens is 1. The highest BCUT2D eigenvalue weighted by Gasteiger charge is 2.11. The van der Waals surface area contributed by atoms with E-state index in [-0.39, 0.29) is 10.7 Å². The normalized spacial score (nSPS) is 9.85. The van der Waals surface area contributed by atoms with Crippen molar-refractivity contribution in [3.63, 3.8) is 0 Å². The smallest absolute Gasteiger partial charge is 0.338 e. The maximum absolute atomic E-state index is 11.7. The molecule has 0 aliphatic heterocycles. The van der Waals surface area contributed by atoms with Crippen LogP contribution < -0.4 is 5.32 Å². The first-order chi connectivity index (χ1) is 9.65. The molecule has 0 aliphatic rings. The van der Waals surface area contributed by atoms with Crippen LogP contribution in [-0.2, 0) is 9.53 Å². The summed E-state index contributed by atoms with van der Waals surface area (Å²) in [7, 11) is 0. The third-order valence-electron chi connectivity index (χ3n) is 2.24. The first-order valence-electron chi connectivity index (χ1n) is 5.64. The number of hydrogen-bond donors (Lipinski definition) is 1. The van der Waals surface area contributed by atoms with E-state index >= 15 is 0 Å². The Labute approximate surface area is 119 Å². The van der Waals surface area contributed by atoms with Crippen molar-refractivity contribution in [2.45, 2.75) is 0 Å². The van der Waals surface area contributed by atoms with E-state index in [9.17, 15) is 9.59 Å². The maximum atomic E-state index is 11.7. The molecule has 0 radical (unpaired) electrons. The predicted octanol–water partition coefficient (Wildman–Crippen LogP) is 1.93. The molecule has 1 N–H and O–H groups in total. The van der Waals surface area contributed by atoms with Gasteiger partial charge in [0, 0.05) is 12.4 Å². The average molecular weight is 292 g/mol. The Balaban J connectivity index is 1.86. The standard InChI is InChI=1S/C13H10ClN3O3/c14-11-6-9(3-5-16-11)13(19)20-8-12(18)17-10-2-1-4-15-7-10/h1-7H,8H2,(H,17,18). The minimum absolute atomic E-state index is 0.180. The number of hydrogen-bond acceptors (Lipinski definition) is 5. The van der Waals surface area contributed by atoms with Crippen LogP contribution in [0.5, 0.6) is 0 Å². The molecule has 2 heterocycles. The zero-order valence-corrected chi connectivity index (χ0v) is 11.0. The third kappa shape index (κ3) is 4.03. The Hall–Kier alpha value is -2.47. The van der Waals surface area contributed by atoms with E-state index in [0.717, 1.165) is 0 Å². The maximum Gasteiger partial charge on any atom is 0.338 e. The summed E-state index contributed by atoms with van der Waals surface area (Å²) in [6, 6.07) is 6.17. The summed E-state index contributed by atoms with van der Waals surface area (Å²) in [6.45, 7) is -0.395. The molecule has 0 unspecified atom stereocenters. The van der Waals surface area contributed by atoms with Gasteiger partial charge in [-0.3, -0.25) is 9.78 Å². The van der Waals surface area contributed by atoms with Crippen LogP contribution >= 0.6 is 11.6 Å². The van der Waals surface area contributed by atoms with Gasteiger partial charge in [-0.05, 0) is 24.3 Å². The number of carbonyl (C=O) groups is 2. The fraction of sp³-hybridized carbons (Fsp3) is 0.0769. The van der Waals surface area contributed by atoms with Gasteiger partial charge in [0.2, 0.25) is 0 Å². The predicted molar refractivity (Wildman–Crippen MR) is 72.4 cm³/mol. The molecule has 2 aromatic rings. The second kappa shape index (κ2) is 6.63. The van der Waals surface area contributed by atoms with Gasteiger partial charge in [0.15, 0.2) is 6.61 Å². The Morgan fingerprint density at radius 3 is 2.85 bits per heavy atom. The lowest BCUT2D eigenvalue weighted by Gasteiger charge is -2.06. The number of anilines is 1. The highest BCUT2D eigenvalue weighted by atomic mass is 35.5. The van der Waals surface area contributed by atoms with Crippen LogP contribution in [0.25, 0.3) is 0 Å². The molecule has 6 nitrogen and oxygen atoms in total. The van der Waals surface area contributed by atoms with Gasteiger partial charge >= 0.3 is 5.97 Å². The van der Waals surface area contributed by atoms with Crippen molar-refractivity contribution in [2.24, 2.45) is 0 Å². The molecule has 0 saturated heterocycles. The summed E-state index contributed by atoms with van der Waals surface area (Å²) < 4.78 is 4.86. The highest BCUT2D eigenvalue weighted by molar-refractivity contribution is 6.29. The second-order valence-corrected chi connectivity index (χ2v) is 4.12. The quantitative estimate of drug-likeness (QED) is 0.687. The number of rotatable bonds is 4. The number of esters is 1. The van der Waals surface area contributed by atoms with E-state index in [1.54, 1.807) is 18.3 Å². The van der Waals surface area contributed by atoms with Crippen LogP contribution in [0.4, 0.5) is 5.69 Å². The summed E-state index contributed by atoms with van der Waals surface area (Å²) in [6.07, 6.45) is 4.46. The first-order valence-corrected chi connectivity index (χ1v) is 6.01. The van der Waals surface area contributed by atoms with Crippen molar-refractivity contribution in [2.75, 3.05) is 11.9 Å². The van der Waals surface area contributed by atoms with Crippen LogP contribution in [0.3, 0.4) is 0 Å². The number of aromatic nitrogens is 2. The fourth-order valence-electron chi connectivity index (χ4n) is 1.38. The molecule has 0 aliphatic carbocycles. The molecular weight excluding hydrogens is 282 g/mol. The van der Waals surface area contributed by atoms with E-state index in [1.165, 1.54) is 24.5 Å². The number of carbonyl (C=O) groups excluding carboxylic acids is 2. The second-order valence-electron chi connectivity index (χ2n) is 3.73. The SMILES string of the molecule is O=C(COC(=O)c1ccnc(Cl)c1)Nc1cccnc1. The van der Waals surface area contributed by atoms with Crippen molar-refractivity contribution in [3.8, 4) is 0 Å².